The van der Waals surface area contributed by atoms with Crippen LogP contribution >= 0.6 is 0 Å². The van der Waals surface area contributed by atoms with Crippen LogP contribution in [0.2, 0.25) is 0 Å². The number of amides is 1. The van der Waals surface area contributed by atoms with Crippen LogP contribution in [-0.2, 0) is 4.79 Å². The topological polar surface area (TPSA) is 93.5 Å². The van der Waals surface area contributed by atoms with E-state index < -0.39 is 11.0 Å². The number of anilines is 1. The molecule has 0 spiro atoms. The second-order valence-electron chi connectivity index (χ2n) is 6.12. The Morgan fingerprint density at radius 1 is 1.19 bits per heavy atom. The van der Waals surface area contributed by atoms with Crippen molar-refractivity contribution < 1.29 is 14.5 Å². The number of carbonyl (C=O) groups excluding carboxylic acids is 1. The zero-order valence-corrected chi connectivity index (χ0v) is 15.3. The van der Waals surface area contributed by atoms with Crippen molar-refractivity contribution in [2.75, 3.05) is 12.4 Å². The first-order valence-electron chi connectivity index (χ1n) is 8.28. The fraction of sp³-hybridized carbons (Fsp3) is 0.316. The van der Waals surface area contributed by atoms with Crippen LogP contribution in [0, 0.1) is 17.0 Å². The Bertz CT molecular complexity index is 807. The number of para-hydroxylation sites is 2. The lowest BCUT2D eigenvalue weighted by Gasteiger charge is -2.22. The zero-order chi connectivity index (χ0) is 19.3. The summed E-state index contributed by atoms with van der Waals surface area (Å²) < 4.78 is 5.39. The van der Waals surface area contributed by atoms with E-state index in [0.29, 0.717) is 0 Å². The lowest BCUT2D eigenvalue weighted by molar-refractivity contribution is -0.383. The van der Waals surface area contributed by atoms with Gasteiger partial charge in [-0.1, -0.05) is 29.8 Å². The zero-order valence-electron chi connectivity index (χ0n) is 15.3. The number of nitrogens with one attached hydrogen (secondary N) is 2. The van der Waals surface area contributed by atoms with Crippen LogP contribution in [-0.4, -0.2) is 24.0 Å². The maximum absolute atomic E-state index is 12.4. The van der Waals surface area contributed by atoms with Crippen molar-refractivity contribution in [1.29, 1.82) is 0 Å². The molecule has 7 nitrogen and oxygen atoms in total. The average molecular weight is 357 g/mol. The summed E-state index contributed by atoms with van der Waals surface area (Å²) in [6, 6.07) is 11.2. The summed E-state index contributed by atoms with van der Waals surface area (Å²) in [6.07, 6.45) is 0. The van der Waals surface area contributed by atoms with Crippen LogP contribution in [0.15, 0.2) is 42.5 Å². The summed E-state index contributed by atoms with van der Waals surface area (Å²) in [7, 11) is 1.60. The van der Waals surface area contributed by atoms with Crippen molar-refractivity contribution in [1.82, 2.24) is 5.32 Å². The second kappa shape index (κ2) is 8.44. The van der Waals surface area contributed by atoms with Gasteiger partial charge in [-0.15, -0.1) is 0 Å². The predicted octanol–water partition coefficient (Wildman–Crippen LogP) is 3.59. The van der Waals surface area contributed by atoms with Gasteiger partial charge in [-0.05, 0) is 32.9 Å². The normalized spacial score (nSPS) is 12.9. The largest absolute Gasteiger partial charge is 0.496 e. The van der Waals surface area contributed by atoms with Crippen molar-refractivity contribution in [3.05, 3.63) is 63.7 Å². The Morgan fingerprint density at radius 3 is 2.54 bits per heavy atom. The van der Waals surface area contributed by atoms with Crippen molar-refractivity contribution in [2.45, 2.75) is 32.9 Å². The SMILES string of the molecule is COc1ccc(C)cc1C(C)NC(C)C(=O)Nc1ccccc1[N+](=O)[O-]. The number of nitro benzene ring substituents is 1. The van der Waals surface area contributed by atoms with Crippen LogP contribution in [0.5, 0.6) is 5.75 Å². The summed E-state index contributed by atoms with van der Waals surface area (Å²) in [5, 5.41) is 16.9. The van der Waals surface area contributed by atoms with E-state index in [1.807, 2.05) is 32.0 Å². The molecule has 0 fully saturated rings. The van der Waals surface area contributed by atoms with Gasteiger partial charge < -0.3 is 10.1 Å². The number of ether oxygens (including phenoxy) is 1. The highest BCUT2D eigenvalue weighted by Gasteiger charge is 2.21. The number of methoxy groups -OCH3 is 1. The molecule has 0 aliphatic heterocycles. The molecule has 2 atom stereocenters. The molecule has 0 saturated heterocycles. The van der Waals surface area contributed by atoms with Crippen LogP contribution < -0.4 is 15.4 Å². The summed E-state index contributed by atoms with van der Waals surface area (Å²) in [5.74, 6) is 0.389. The number of aryl methyl sites for hydroxylation is 1. The Kier molecular flexibility index (Phi) is 6.30. The second-order valence-corrected chi connectivity index (χ2v) is 6.12. The molecule has 0 aliphatic carbocycles. The van der Waals surface area contributed by atoms with Crippen molar-refractivity contribution in [3.8, 4) is 5.75 Å². The Balaban J connectivity index is 2.10. The standard InChI is InChI=1S/C19H23N3O4/c1-12-9-10-18(26-4)15(11-12)13(2)20-14(3)19(23)21-16-7-5-6-8-17(16)22(24)25/h5-11,13-14,20H,1-4H3,(H,21,23). The van der Waals surface area contributed by atoms with Gasteiger partial charge in [-0.25, -0.2) is 0 Å². The minimum atomic E-state index is -0.560. The van der Waals surface area contributed by atoms with Gasteiger partial charge >= 0.3 is 0 Å². The van der Waals surface area contributed by atoms with E-state index in [4.69, 9.17) is 4.74 Å². The van der Waals surface area contributed by atoms with E-state index in [0.717, 1.165) is 16.9 Å². The molecule has 2 unspecified atom stereocenters. The van der Waals surface area contributed by atoms with Crippen molar-refractivity contribution in [3.63, 3.8) is 0 Å². The van der Waals surface area contributed by atoms with Gasteiger partial charge in [0.05, 0.1) is 18.1 Å². The molecule has 2 rings (SSSR count). The van der Waals surface area contributed by atoms with Gasteiger partial charge in [0.15, 0.2) is 0 Å². The molecule has 1 amide bonds. The van der Waals surface area contributed by atoms with Gasteiger partial charge in [0, 0.05) is 17.7 Å². The third kappa shape index (κ3) is 4.58. The number of carbonyl (C=O) groups is 1. The monoisotopic (exact) mass is 357 g/mol. The van der Waals surface area contributed by atoms with Crippen LogP contribution in [0.3, 0.4) is 0 Å². The van der Waals surface area contributed by atoms with Gasteiger partial charge in [0.2, 0.25) is 5.91 Å². The molecule has 0 saturated carbocycles. The number of hydrogen-bond donors (Lipinski definition) is 2. The first-order chi connectivity index (χ1) is 12.3. The number of benzene rings is 2. The van der Waals surface area contributed by atoms with E-state index in [-0.39, 0.29) is 23.3 Å². The first kappa shape index (κ1) is 19.4. The predicted molar refractivity (Wildman–Crippen MR) is 100 cm³/mol. The molecule has 0 bridgehead atoms. The highest BCUT2D eigenvalue weighted by Crippen LogP contribution is 2.27. The third-order valence-corrected chi connectivity index (χ3v) is 4.10. The molecule has 0 aromatic heterocycles. The third-order valence-electron chi connectivity index (χ3n) is 4.10. The minimum Gasteiger partial charge on any atom is -0.496 e. The summed E-state index contributed by atoms with van der Waals surface area (Å²) in [6.45, 7) is 5.63. The highest BCUT2D eigenvalue weighted by molar-refractivity contribution is 5.96. The van der Waals surface area contributed by atoms with E-state index in [1.165, 1.54) is 12.1 Å². The van der Waals surface area contributed by atoms with Gasteiger partial charge in [-0.3, -0.25) is 20.2 Å². The lowest BCUT2D eigenvalue weighted by Crippen LogP contribution is -2.39. The van der Waals surface area contributed by atoms with Crippen LogP contribution in [0.4, 0.5) is 11.4 Å². The number of hydrogen-bond acceptors (Lipinski definition) is 5. The quantitative estimate of drug-likeness (QED) is 0.583. The van der Waals surface area contributed by atoms with E-state index in [1.54, 1.807) is 26.2 Å². The van der Waals surface area contributed by atoms with Crippen molar-refractivity contribution >= 4 is 17.3 Å². The summed E-state index contributed by atoms with van der Waals surface area (Å²) in [5.41, 5.74) is 2.07. The first-order valence-corrected chi connectivity index (χ1v) is 8.28. The molecule has 0 heterocycles. The summed E-state index contributed by atoms with van der Waals surface area (Å²) in [4.78, 5) is 23.0. The minimum absolute atomic E-state index is 0.138. The molecule has 2 aromatic rings. The Morgan fingerprint density at radius 2 is 1.88 bits per heavy atom. The number of nitro groups is 1. The molecule has 7 heteroatoms. The van der Waals surface area contributed by atoms with E-state index >= 15 is 0 Å². The maximum Gasteiger partial charge on any atom is 0.292 e. The van der Waals surface area contributed by atoms with E-state index in [9.17, 15) is 14.9 Å². The molecule has 2 aromatic carbocycles. The fourth-order valence-electron chi connectivity index (χ4n) is 2.71. The Hall–Kier alpha value is -2.93. The smallest absolute Gasteiger partial charge is 0.292 e. The van der Waals surface area contributed by atoms with E-state index in [2.05, 4.69) is 10.6 Å². The van der Waals surface area contributed by atoms with Gasteiger partial charge in [0.25, 0.3) is 5.69 Å². The van der Waals surface area contributed by atoms with Crippen LogP contribution in [0.25, 0.3) is 0 Å². The van der Waals surface area contributed by atoms with Gasteiger partial charge in [0.1, 0.15) is 11.4 Å². The number of rotatable bonds is 7. The molecular formula is C19H23N3O4. The van der Waals surface area contributed by atoms with Crippen LogP contribution in [0.1, 0.15) is 31.0 Å². The molecule has 0 aliphatic rings. The fourth-order valence-corrected chi connectivity index (χ4v) is 2.71. The molecular weight excluding hydrogens is 334 g/mol. The highest BCUT2D eigenvalue weighted by atomic mass is 16.6. The lowest BCUT2D eigenvalue weighted by atomic mass is 10.0. The molecule has 0 radical (unpaired) electrons. The average Bonchev–Trinajstić information content (AvgIpc) is 2.61. The summed E-state index contributed by atoms with van der Waals surface area (Å²) >= 11 is 0. The molecule has 26 heavy (non-hydrogen) atoms. The molecule has 2 N–H and O–H groups in total. The maximum atomic E-state index is 12.4. The number of nitrogens with zero attached hydrogens (tertiary/aromatic N) is 1. The molecule has 138 valence electrons. The Labute approximate surface area is 152 Å². The van der Waals surface area contributed by atoms with Crippen molar-refractivity contribution in [2.24, 2.45) is 0 Å². The van der Waals surface area contributed by atoms with Gasteiger partial charge in [-0.2, -0.15) is 0 Å².